The topological polar surface area (TPSA) is 39.9 Å². The molecule has 2 aromatic heterocycles. The number of fused-ring (bicyclic) bond motifs is 1. The van der Waals surface area contributed by atoms with Gasteiger partial charge in [-0.1, -0.05) is 0 Å². The van der Waals surface area contributed by atoms with Crippen LogP contribution in [0.5, 0.6) is 5.75 Å². The van der Waals surface area contributed by atoms with Gasteiger partial charge in [0.05, 0.1) is 22.3 Å². The van der Waals surface area contributed by atoms with Gasteiger partial charge < -0.3 is 4.74 Å². The molecule has 0 N–H and O–H groups in total. The zero-order valence-electron chi connectivity index (χ0n) is 14.1. The van der Waals surface area contributed by atoms with E-state index in [1.807, 2.05) is 0 Å². The first-order valence-electron chi connectivity index (χ1n) is 8.24. The minimum Gasteiger partial charge on any atom is -0.435 e. The molecule has 0 aliphatic heterocycles. The van der Waals surface area contributed by atoms with Crippen LogP contribution >= 0.6 is 0 Å². The third kappa shape index (κ3) is 3.33. The van der Waals surface area contributed by atoms with Gasteiger partial charge in [0.15, 0.2) is 5.65 Å². The fourth-order valence-corrected chi connectivity index (χ4v) is 3.10. The largest absolute Gasteiger partial charge is 0.435 e. The van der Waals surface area contributed by atoms with E-state index in [4.69, 9.17) is 0 Å². The van der Waals surface area contributed by atoms with E-state index in [0.717, 1.165) is 18.9 Å². The monoisotopic (exact) mass is 383 g/mol. The van der Waals surface area contributed by atoms with E-state index in [1.54, 1.807) is 7.05 Å². The van der Waals surface area contributed by atoms with Crippen molar-refractivity contribution < 1.29 is 26.7 Å². The Kier molecular flexibility index (Phi) is 4.05. The van der Waals surface area contributed by atoms with Crippen LogP contribution in [0.3, 0.4) is 0 Å². The lowest BCUT2D eigenvalue weighted by Crippen LogP contribution is -2.08. The number of ether oxygens (including phenoxy) is 1. The minimum atomic E-state index is -4.57. The normalized spacial score (nSPS) is 14.9. The van der Waals surface area contributed by atoms with E-state index in [2.05, 4.69) is 14.8 Å². The van der Waals surface area contributed by atoms with Crippen molar-refractivity contribution in [3.05, 3.63) is 41.6 Å². The van der Waals surface area contributed by atoms with Gasteiger partial charge in [0, 0.05) is 18.5 Å². The highest BCUT2D eigenvalue weighted by molar-refractivity contribution is 5.86. The van der Waals surface area contributed by atoms with Crippen LogP contribution in [0.4, 0.5) is 22.0 Å². The maximum atomic E-state index is 13.7. The highest BCUT2D eigenvalue weighted by Gasteiger charge is 2.39. The van der Waals surface area contributed by atoms with E-state index >= 15 is 0 Å². The van der Waals surface area contributed by atoms with E-state index in [0.29, 0.717) is 11.3 Å². The van der Waals surface area contributed by atoms with Crippen LogP contribution in [0.1, 0.15) is 30.0 Å². The van der Waals surface area contributed by atoms with Crippen molar-refractivity contribution in [2.45, 2.75) is 31.5 Å². The summed E-state index contributed by atoms with van der Waals surface area (Å²) in [5, 5.41) is 4.29. The van der Waals surface area contributed by atoms with Crippen molar-refractivity contribution in [1.82, 2.24) is 14.8 Å². The first kappa shape index (κ1) is 17.7. The summed E-state index contributed by atoms with van der Waals surface area (Å²) in [4.78, 5) is 4.35. The molecule has 1 aliphatic carbocycles. The highest BCUT2D eigenvalue weighted by Crippen LogP contribution is 2.46. The molecular weight excluding hydrogens is 369 g/mol. The maximum absolute atomic E-state index is 13.7. The second-order valence-electron chi connectivity index (χ2n) is 6.44. The number of alkyl halides is 5. The number of hydrogen-bond donors (Lipinski definition) is 0. The summed E-state index contributed by atoms with van der Waals surface area (Å²) in [5.74, 6) is -0.0457. The maximum Gasteiger partial charge on any atom is 0.417 e. The van der Waals surface area contributed by atoms with Crippen LogP contribution in [0.2, 0.25) is 0 Å². The second kappa shape index (κ2) is 6.17. The number of aryl methyl sites for hydroxylation is 1. The molecule has 0 saturated heterocycles. The smallest absolute Gasteiger partial charge is 0.417 e. The molecule has 0 atom stereocenters. The molecule has 2 heterocycles. The molecule has 3 aromatic rings. The van der Waals surface area contributed by atoms with Crippen LogP contribution in [-0.2, 0) is 13.2 Å². The molecule has 0 amide bonds. The van der Waals surface area contributed by atoms with Gasteiger partial charge in [-0.25, -0.2) is 4.98 Å². The molecule has 0 radical (unpaired) electrons. The van der Waals surface area contributed by atoms with Crippen molar-refractivity contribution in [2.24, 2.45) is 7.05 Å². The molecule has 142 valence electrons. The quantitative estimate of drug-likeness (QED) is 0.586. The van der Waals surface area contributed by atoms with Gasteiger partial charge in [-0.15, -0.1) is 0 Å². The van der Waals surface area contributed by atoms with E-state index in [9.17, 15) is 22.0 Å². The van der Waals surface area contributed by atoms with Crippen molar-refractivity contribution in [3.63, 3.8) is 0 Å². The predicted octanol–water partition coefficient (Wildman–Crippen LogP) is 5.13. The van der Waals surface area contributed by atoms with Crippen LogP contribution < -0.4 is 4.74 Å². The summed E-state index contributed by atoms with van der Waals surface area (Å²) in [6, 6.07) is 6.30. The highest BCUT2D eigenvalue weighted by atomic mass is 19.4. The molecule has 0 bridgehead atoms. The zero-order valence-corrected chi connectivity index (χ0v) is 14.1. The molecule has 1 fully saturated rings. The summed E-state index contributed by atoms with van der Waals surface area (Å²) < 4.78 is 71.3. The molecule has 1 aliphatic rings. The van der Waals surface area contributed by atoms with Crippen LogP contribution in [0.25, 0.3) is 22.3 Å². The Morgan fingerprint density at radius 1 is 1.15 bits per heavy atom. The molecule has 9 heteroatoms. The van der Waals surface area contributed by atoms with Crippen molar-refractivity contribution in [1.29, 1.82) is 0 Å². The zero-order chi connectivity index (χ0) is 19.3. The standard InChI is InChI=1S/C18H14F5N3O/c1-26-16-14(15(25-26)10-2-3-10)12(18(21,22)23)8-13(24-16)9-4-6-11(7-5-9)27-17(19)20/h4-8,10,17H,2-3H2,1H3. The summed E-state index contributed by atoms with van der Waals surface area (Å²) in [5.41, 5.74) is 0.238. The third-order valence-corrected chi connectivity index (χ3v) is 4.47. The lowest BCUT2D eigenvalue weighted by atomic mass is 10.0. The average Bonchev–Trinajstić information content (AvgIpc) is 3.38. The SMILES string of the molecule is Cn1nc(C2CC2)c2c(C(F)(F)F)cc(-c3ccc(OC(F)F)cc3)nc21. The van der Waals surface area contributed by atoms with Crippen LogP contribution in [-0.4, -0.2) is 21.4 Å². The predicted molar refractivity (Wildman–Crippen MR) is 87.6 cm³/mol. The third-order valence-electron chi connectivity index (χ3n) is 4.47. The molecule has 27 heavy (non-hydrogen) atoms. The Morgan fingerprint density at radius 2 is 1.81 bits per heavy atom. The van der Waals surface area contributed by atoms with Crippen LogP contribution in [0.15, 0.2) is 30.3 Å². The van der Waals surface area contributed by atoms with Gasteiger partial charge in [0.1, 0.15) is 5.75 Å². The fourth-order valence-electron chi connectivity index (χ4n) is 3.10. The summed E-state index contributed by atoms with van der Waals surface area (Å²) in [6.07, 6.45) is -2.94. The van der Waals surface area contributed by atoms with E-state index in [1.165, 1.54) is 28.9 Å². The Bertz CT molecular complexity index is 991. The molecule has 1 saturated carbocycles. The van der Waals surface area contributed by atoms with Gasteiger partial charge in [0.25, 0.3) is 0 Å². The summed E-state index contributed by atoms with van der Waals surface area (Å²) in [6.45, 7) is -2.97. The van der Waals surface area contributed by atoms with E-state index < -0.39 is 18.4 Å². The number of nitrogens with zero attached hydrogens (tertiary/aromatic N) is 3. The van der Waals surface area contributed by atoms with Gasteiger partial charge >= 0.3 is 12.8 Å². The lowest BCUT2D eigenvalue weighted by molar-refractivity contribution is -0.136. The molecule has 0 spiro atoms. The van der Waals surface area contributed by atoms with Gasteiger partial charge in [-0.3, -0.25) is 4.68 Å². The number of hydrogen-bond acceptors (Lipinski definition) is 3. The fraction of sp³-hybridized carbons (Fsp3) is 0.333. The number of aromatic nitrogens is 3. The summed E-state index contributed by atoms with van der Waals surface area (Å²) in [7, 11) is 1.56. The molecule has 4 nitrogen and oxygen atoms in total. The van der Waals surface area contributed by atoms with Gasteiger partial charge in [-0.05, 0) is 43.2 Å². The first-order valence-corrected chi connectivity index (χ1v) is 8.24. The Morgan fingerprint density at radius 3 is 2.37 bits per heavy atom. The molecular formula is C18H14F5N3O. The van der Waals surface area contributed by atoms with Gasteiger partial charge in [0.2, 0.25) is 0 Å². The molecule has 1 aromatic carbocycles. The number of rotatable bonds is 4. The Balaban J connectivity index is 1.86. The average molecular weight is 383 g/mol. The van der Waals surface area contributed by atoms with Crippen molar-refractivity contribution >= 4 is 11.0 Å². The molecule has 0 unspecified atom stereocenters. The van der Waals surface area contributed by atoms with Crippen LogP contribution in [0, 0.1) is 0 Å². The van der Waals surface area contributed by atoms with Gasteiger partial charge in [-0.2, -0.15) is 27.1 Å². The summed E-state index contributed by atoms with van der Waals surface area (Å²) >= 11 is 0. The lowest BCUT2D eigenvalue weighted by Gasteiger charge is -2.12. The van der Waals surface area contributed by atoms with Crippen molar-refractivity contribution in [3.8, 4) is 17.0 Å². The Labute approximate surface area is 150 Å². The minimum absolute atomic E-state index is 0.0354. The number of pyridine rings is 1. The number of benzene rings is 1. The molecule has 4 rings (SSSR count). The number of halogens is 5. The second-order valence-corrected chi connectivity index (χ2v) is 6.44. The Hall–Kier alpha value is -2.71. The van der Waals surface area contributed by atoms with E-state index in [-0.39, 0.29) is 28.4 Å². The van der Waals surface area contributed by atoms with Crippen molar-refractivity contribution in [2.75, 3.05) is 0 Å². The first-order chi connectivity index (χ1) is 12.7.